The van der Waals surface area contributed by atoms with Gasteiger partial charge in [-0.15, -0.1) is 18.3 Å². The second-order valence-electron chi connectivity index (χ2n) is 3.44. The van der Waals surface area contributed by atoms with E-state index in [0.717, 1.165) is 10.6 Å². The second kappa shape index (κ2) is 7.01. The lowest BCUT2D eigenvalue weighted by molar-refractivity contribution is -0.120. The van der Waals surface area contributed by atoms with Crippen molar-refractivity contribution >= 4 is 17.7 Å². The van der Waals surface area contributed by atoms with Crippen molar-refractivity contribution in [2.24, 2.45) is 0 Å². The summed E-state index contributed by atoms with van der Waals surface area (Å²) in [7, 11) is 1.63. The Balaban J connectivity index is 2.63. The standard InChI is InChI=1S/C13H17NO2S/c1-4-9-14-13(15)10(2)17-12-8-6-5-7-11(12)16-3/h4-8,10H,1,9H2,2-3H3,(H,14,15). The SMILES string of the molecule is C=CCNC(=O)C(C)Sc1ccccc1OC. The molecule has 3 nitrogen and oxygen atoms in total. The van der Waals surface area contributed by atoms with Crippen molar-refractivity contribution in [1.82, 2.24) is 5.32 Å². The number of methoxy groups -OCH3 is 1. The summed E-state index contributed by atoms with van der Waals surface area (Å²) in [6.45, 7) is 5.93. The number of ether oxygens (including phenoxy) is 1. The average Bonchev–Trinajstić information content (AvgIpc) is 2.36. The normalized spacial score (nSPS) is 11.6. The molecule has 1 unspecified atom stereocenters. The minimum atomic E-state index is -0.161. The first-order valence-corrected chi connectivity index (χ1v) is 6.25. The summed E-state index contributed by atoms with van der Waals surface area (Å²) >= 11 is 1.48. The van der Waals surface area contributed by atoms with Gasteiger partial charge in [0.05, 0.1) is 17.3 Å². The van der Waals surface area contributed by atoms with Crippen LogP contribution in [0.25, 0.3) is 0 Å². The molecule has 4 heteroatoms. The van der Waals surface area contributed by atoms with Crippen molar-refractivity contribution in [3.63, 3.8) is 0 Å². The third kappa shape index (κ3) is 4.15. The second-order valence-corrected chi connectivity index (χ2v) is 4.83. The number of benzene rings is 1. The fraction of sp³-hybridized carbons (Fsp3) is 0.308. The summed E-state index contributed by atoms with van der Waals surface area (Å²) < 4.78 is 5.24. The van der Waals surface area contributed by atoms with Gasteiger partial charge < -0.3 is 10.1 Å². The predicted octanol–water partition coefficient (Wildman–Crippen LogP) is 2.48. The Labute approximate surface area is 106 Å². The molecule has 1 aromatic rings. The van der Waals surface area contributed by atoms with E-state index < -0.39 is 0 Å². The van der Waals surface area contributed by atoms with E-state index in [2.05, 4.69) is 11.9 Å². The highest BCUT2D eigenvalue weighted by Gasteiger charge is 2.15. The van der Waals surface area contributed by atoms with E-state index in [1.165, 1.54) is 11.8 Å². The van der Waals surface area contributed by atoms with Crippen LogP contribution in [0, 0.1) is 0 Å². The smallest absolute Gasteiger partial charge is 0.233 e. The minimum absolute atomic E-state index is 0.000746. The minimum Gasteiger partial charge on any atom is -0.496 e. The molecule has 17 heavy (non-hydrogen) atoms. The molecule has 0 aliphatic rings. The molecule has 0 spiro atoms. The first-order valence-electron chi connectivity index (χ1n) is 5.37. The zero-order chi connectivity index (χ0) is 12.7. The van der Waals surface area contributed by atoms with Crippen molar-refractivity contribution in [2.75, 3.05) is 13.7 Å². The number of hydrogen-bond donors (Lipinski definition) is 1. The Morgan fingerprint density at radius 1 is 1.59 bits per heavy atom. The number of thioether (sulfide) groups is 1. The highest BCUT2D eigenvalue weighted by molar-refractivity contribution is 8.00. The number of amides is 1. The van der Waals surface area contributed by atoms with Crippen molar-refractivity contribution in [1.29, 1.82) is 0 Å². The van der Waals surface area contributed by atoms with Crippen molar-refractivity contribution in [2.45, 2.75) is 17.1 Å². The van der Waals surface area contributed by atoms with Crippen molar-refractivity contribution in [3.05, 3.63) is 36.9 Å². The lowest BCUT2D eigenvalue weighted by Gasteiger charge is -2.13. The first kappa shape index (κ1) is 13.6. The van der Waals surface area contributed by atoms with Gasteiger partial charge in [0.1, 0.15) is 5.75 Å². The van der Waals surface area contributed by atoms with Gasteiger partial charge in [0.15, 0.2) is 0 Å². The van der Waals surface area contributed by atoms with Crippen LogP contribution in [-0.2, 0) is 4.79 Å². The Kier molecular flexibility index (Phi) is 5.63. The number of nitrogens with one attached hydrogen (secondary N) is 1. The van der Waals surface area contributed by atoms with Crippen LogP contribution >= 0.6 is 11.8 Å². The van der Waals surface area contributed by atoms with E-state index in [1.807, 2.05) is 31.2 Å². The molecule has 0 aliphatic carbocycles. The Morgan fingerprint density at radius 3 is 2.94 bits per heavy atom. The lowest BCUT2D eigenvalue weighted by Crippen LogP contribution is -2.30. The van der Waals surface area contributed by atoms with E-state index in [-0.39, 0.29) is 11.2 Å². The number of rotatable bonds is 6. The molecule has 0 radical (unpaired) electrons. The molecule has 1 atom stereocenters. The van der Waals surface area contributed by atoms with Crippen LogP contribution in [-0.4, -0.2) is 24.8 Å². The van der Waals surface area contributed by atoms with E-state index in [1.54, 1.807) is 13.2 Å². The summed E-state index contributed by atoms with van der Waals surface area (Å²) in [6.07, 6.45) is 1.67. The topological polar surface area (TPSA) is 38.3 Å². The van der Waals surface area contributed by atoms with Crippen molar-refractivity contribution in [3.8, 4) is 5.75 Å². The fourth-order valence-electron chi connectivity index (χ4n) is 1.28. The van der Waals surface area contributed by atoms with E-state index in [9.17, 15) is 4.79 Å². The molecular formula is C13H17NO2S. The summed E-state index contributed by atoms with van der Waals surface area (Å²) in [5.41, 5.74) is 0. The molecule has 0 aliphatic heterocycles. The molecule has 1 N–H and O–H groups in total. The summed E-state index contributed by atoms with van der Waals surface area (Å²) in [6, 6.07) is 7.67. The average molecular weight is 251 g/mol. The molecule has 1 rings (SSSR count). The van der Waals surface area contributed by atoms with Gasteiger partial charge in [0, 0.05) is 6.54 Å². The molecule has 0 saturated carbocycles. The molecular weight excluding hydrogens is 234 g/mol. The fourth-order valence-corrected chi connectivity index (χ4v) is 2.27. The van der Waals surface area contributed by atoms with E-state index in [4.69, 9.17) is 4.74 Å². The molecule has 0 aromatic heterocycles. The number of para-hydroxylation sites is 1. The summed E-state index contributed by atoms with van der Waals surface area (Å²) in [5.74, 6) is 0.793. The maximum atomic E-state index is 11.7. The highest BCUT2D eigenvalue weighted by atomic mass is 32.2. The highest BCUT2D eigenvalue weighted by Crippen LogP contribution is 2.31. The molecule has 1 aromatic carbocycles. The number of carbonyl (C=O) groups excluding carboxylic acids is 1. The van der Waals surface area contributed by atoms with E-state index >= 15 is 0 Å². The quantitative estimate of drug-likeness (QED) is 0.623. The number of carbonyl (C=O) groups is 1. The third-order valence-corrected chi connectivity index (χ3v) is 3.32. The van der Waals surface area contributed by atoms with Gasteiger partial charge in [-0.3, -0.25) is 4.79 Å². The Morgan fingerprint density at radius 2 is 2.29 bits per heavy atom. The van der Waals surface area contributed by atoms with Crippen LogP contribution in [0.4, 0.5) is 0 Å². The van der Waals surface area contributed by atoms with Gasteiger partial charge in [-0.25, -0.2) is 0 Å². The third-order valence-electron chi connectivity index (χ3n) is 2.16. The molecule has 0 fully saturated rings. The number of hydrogen-bond acceptors (Lipinski definition) is 3. The largest absolute Gasteiger partial charge is 0.496 e. The Hall–Kier alpha value is -1.42. The zero-order valence-electron chi connectivity index (χ0n) is 10.1. The van der Waals surface area contributed by atoms with Crippen LogP contribution in [0.2, 0.25) is 0 Å². The molecule has 92 valence electrons. The van der Waals surface area contributed by atoms with Crippen LogP contribution in [0.5, 0.6) is 5.75 Å². The molecule has 0 heterocycles. The predicted molar refractivity (Wildman–Crippen MR) is 71.5 cm³/mol. The van der Waals surface area contributed by atoms with Gasteiger partial charge in [0.2, 0.25) is 5.91 Å². The first-order chi connectivity index (χ1) is 8.19. The molecule has 0 bridgehead atoms. The van der Waals surface area contributed by atoms with Crippen molar-refractivity contribution < 1.29 is 9.53 Å². The van der Waals surface area contributed by atoms with Gasteiger partial charge in [0.25, 0.3) is 0 Å². The zero-order valence-corrected chi connectivity index (χ0v) is 10.9. The van der Waals surface area contributed by atoms with Gasteiger partial charge >= 0.3 is 0 Å². The van der Waals surface area contributed by atoms with Crippen LogP contribution in [0.1, 0.15) is 6.92 Å². The monoisotopic (exact) mass is 251 g/mol. The van der Waals surface area contributed by atoms with Crippen LogP contribution in [0.15, 0.2) is 41.8 Å². The summed E-state index contributed by atoms with van der Waals surface area (Å²) in [5, 5.41) is 2.61. The van der Waals surface area contributed by atoms with Crippen LogP contribution < -0.4 is 10.1 Å². The van der Waals surface area contributed by atoms with Gasteiger partial charge in [-0.1, -0.05) is 18.2 Å². The summed E-state index contributed by atoms with van der Waals surface area (Å²) in [4.78, 5) is 12.7. The lowest BCUT2D eigenvalue weighted by atomic mass is 10.3. The molecule has 0 saturated heterocycles. The maximum absolute atomic E-state index is 11.7. The van der Waals surface area contributed by atoms with E-state index in [0.29, 0.717) is 6.54 Å². The molecule has 1 amide bonds. The van der Waals surface area contributed by atoms with Gasteiger partial charge in [-0.05, 0) is 19.1 Å². The van der Waals surface area contributed by atoms with Crippen LogP contribution in [0.3, 0.4) is 0 Å². The maximum Gasteiger partial charge on any atom is 0.233 e. The Bertz CT molecular complexity index is 393. The van der Waals surface area contributed by atoms with Gasteiger partial charge in [-0.2, -0.15) is 0 Å².